The van der Waals surface area contributed by atoms with Gasteiger partial charge in [-0.05, 0) is 54.8 Å². The maximum absolute atomic E-state index is 13.8. The number of nitrogens with one attached hydrogen (secondary N) is 1. The minimum absolute atomic E-state index is 0.218. The number of hydrogen-bond acceptors (Lipinski definition) is 1. The monoisotopic (exact) mass is 293 g/mol. The zero-order valence-corrected chi connectivity index (χ0v) is 12.1. The molecule has 2 aromatic carbocycles. The zero-order valence-electron chi connectivity index (χ0n) is 12.1. The Labute approximate surface area is 122 Å². The second-order valence-corrected chi connectivity index (χ2v) is 5.11. The topological polar surface area (TPSA) is 12.0 Å². The molecule has 0 saturated heterocycles. The molecule has 1 N–H and O–H groups in total. The molecule has 2 rings (SSSR count). The van der Waals surface area contributed by atoms with Crippen LogP contribution in [0.1, 0.15) is 29.7 Å². The summed E-state index contributed by atoms with van der Waals surface area (Å²) in [5, 5.41) is 3.22. The van der Waals surface area contributed by atoms with E-state index in [4.69, 9.17) is 0 Å². The molecule has 0 aliphatic rings. The molecule has 0 spiro atoms. The van der Waals surface area contributed by atoms with Crippen LogP contribution in [0, 0.1) is 24.4 Å². The molecule has 0 aromatic heterocycles. The Bertz CT molecular complexity index is 605. The fourth-order valence-corrected chi connectivity index (χ4v) is 2.43. The first-order valence-corrected chi connectivity index (χ1v) is 6.94. The van der Waals surface area contributed by atoms with E-state index >= 15 is 0 Å². The molecule has 21 heavy (non-hydrogen) atoms. The van der Waals surface area contributed by atoms with Crippen LogP contribution in [0.25, 0.3) is 0 Å². The zero-order chi connectivity index (χ0) is 15.4. The number of benzene rings is 2. The molecule has 4 heteroatoms. The summed E-state index contributed by atoms with van der Waals surface area (Å²) in [6.07, 6.45) is 0.336. The average Bonchev–Trinajstić information content (AvgIpc) is 2.40. The van der Waals surface area contributed by atoms with Gasteiger partial charge in [0.25, 0.3) is 0 Å². The largest absolute Gasteiger partial charge is 0.310 e. The van der Waals surface area contributed by atoms with E-state index in [1.54, 1.807) is 0 Å². The minimum Gasteiger partial charge on any atom is -0.310 e. The lowest BCUT2D eigenvalue weighted by molar-refractivity contribution is 0.517. The molecule has 0 aliphatic heterocycles. The van der Waals surface area contributed by atoms with E-state index in [0.717, 1.165) is 17.2 Å². The third-order valence-corrected chi connectivity index (χ3v) is 3.36. The second kappa shape index (κ2) is 6.76. The number of halogens is 3. The number of likely N-dealkylation sites (N-methyl/N-ethyl adjacent to an activating group) is 1. The molecular formula is C17H18F3N. The van der Waals surface area contributed by atoms with Gasteiger partial charge in [0.15, 0.2) is 0 Å². The highest BCUT2D eigenvalue weighted by Gasteiger charge is 2.15. The molecule has 1 nitrogen and oxygen atoms in total. The third-order valence-electron chi connectivity index (χ3n) is 3.36. The lowest BCUT2D eigenvalue weighted by Gasteiger charge is -2.19. The maximum atomic E-state index is 13.8. The van der Waals surface area contributed by atoms with Crippen molar-refractivity contribution in [2.24, 2.45) is 0 Å². The van der Waals surface area contributed by atoms with Gasteiger partial charge >= 0.3 is 0 Å². The van der Waals surface area contributed by atoms with Gasteiger partial charge in [-0.3, -0.25) is 0 Å². The molecule has 0 saturated carbocycles. The van der Waals surface area contributed by atoms with Crippen molar-refractivity contribution in [2.45, 2.75) is 26.3 Å². The highest BCUT2D eigenvalue weighted by molar-refractivity contribution is 5.29. The predicted molar refractivity (Wildman–Crippen MR) is 77.6 cm³/mol. The van der Waals surface area contributed by atoms with Gasteiger partial charge in [0, 0.05) is 12.1 Å². The molecule has 0 radical (unpaired) electrons. The molecule has 0 bridgehead atoms. The molecule has 0 amide bonds. The molecule has 1 unspecified atom stereocenters. The van der Waals surface area contributed by atoms with Crippen molar-refractivity contribution in [3.05, 3.63) is 70.5 Å². The second-order valence-electron chi connectivity index (χ2n) is 5.11. The summed E-state index contributed by atoms with van der Waals surface area (Å²) in [5.41, 5.74) is 1.98. The van der Waals surface area contributed by atoms with E-state index < -0.39 is 11.6 Å². The van der Waals surface area contributed by atoms with E-state index in [2.05, 4.69) is 5.32 Å². The molecule has 0 fully saturated rings. The van der Waals surface area contributed by atoms with Crippen molar-refractivity contribution >= 4 is 0 Å². The molecule has 2 aromatic rings. The molecule has 0 heterocycles. The average molecular weight is 293 g/mol. The number of hydrogen-bond donors (Lipinski definition) is 1. The van der Waals surface area contributed by atoms with Crippen molar-refractivity contribution in [1.82, 2.24) is 5.32 Å². The first-order valence-electron chi connectivity index (χ1n) is 6.94. The minimum atomic E-state index is -0.599. The first-order chi connectivity index (χ1) is 9.99. The molecule has 112 valence electrons. The van der Waals surface area contributed by atoms with E-state index in [-0.39, 0.29) is 11.9 Å². The predicted octanol–water partition coefficient (Wildman–Crippen LogP) is 4.31. The maximum Gasteiger partial charge on any atom is 0.129 e. The molecule has 1 atom stereocenters. The first kappa shape index (κ1) is 15.6. The fourth-order valence-electron chi connectivity index (χ4n) is 2.43. The quantitative estimate of drug-likeness (QED) is 0.866. The Kier molecular flexibility index (Phi) is 5.02. The van der Waals surface area contributed by atoms with E-state index in [9.17, 15) is 13.2 Å². The van der Waals surface area contributed by atoms with Crippen LogP contribution < -0.4 is 5.32 Å². The SMILES string of the molecule is CCNC(Cc1ccc(F)cc1F)c1cc(C)cc(F)c1. The van der Waals surface area contributed by atoms with Gasteiger partial charge < -0.3 is 5.32 Å². The lowest BCUT2D eigenvalue weighted by atomic mass is 9.97. The summed E-state index contributed by atoms with van der Waals surface area (Å²) in [4.78, 5) is 0. The Balaban J connectivity index is 2.30. The van der Waals surface area contributed by atoms with Gasteiger partial charge in [0.1, 0.15) is 17.5 Å². The highest BCUT2D eigenvalue weighted by Crippen LogP contribution is 2.22. The Morgan fingerprint density at radius 3 is 2.38 bits per heavy atom. The van der Waals surface area contributed by atoms with Crippen molar-refractivity contribution in [2.75, 3.05) is 6.54 Å². The van der Waals surface area contributed by atoms with Gasteiger partial charge in [-0.1, -0.05) is 19.1 Å². The highest BCUT2D eigenvalue weighted by atomic mass is 19.1. The van der Waals surface area contributed by atoms with Crippen molar-refractivity contribution in [1.29, 1.82) is 0 Å². The van der Waals surface area contributed by atoms with Gasteiger partial charge in [0.05, 0.1) is 0 Å². The standard InChI is InChI=1S/C17H18F3N/c1-3-21-17(13-6-11(2)7-15(19)8-13)9-12-4-5-14(18)10-16(12)20/h4-8,10,17,21H,3,9H2,1-2H3. The van der Waals surface area contributed by atoms with Crippen LogP contribution in [0.4, 0.5) is 13.2 Å². The van der Waals surface area contributed by atoms with E-state index in [0.29, 0.717) is 18.5 Å². The smallest absolute Gasteiger partial charge is 0.129 e. The van der Waals surface area contributed by atoms with E-state index in [1.165, 1.54) is 24.3 Å². The van der Waals surface area contributed by atoms with Crippen LogP contribution in [-0.2, 0) is 6.42 Å². The lowest BCUT2D eigenvalue weighted by Crippen LogP contribution is -2.23. The Hall–Kier alpha value is -1.81. The molecule has 0 aliphatic carbocycles. The van der Waals surface area contributed by atoms with Crippen LogP contribution in [-0.4, -0.2) is 6.54 Å². The van der Waals surface area contributed by atoms with Crippen molar-refractivity contribution < 1.29 is 13.2 Å². The normalized spacial score (nSPS) is 12.4. The van der Waals surface area contributed by atoms with Crippen LogP contribution >= 0.6 is 0 Å². The van der Waals surface area contributed by atoms with Crippen molar-refractivity contribution in [3.63, 3.8) is 0 Å². The Morgan fingerprint density at radius 2 is 1.76 bits per heavy atom. The summed E-state index contributed by atoms with van der Waals surface area (Å²) < 4.78 is 40.3. The van der Waals surface area contributed by atoms with Crippen LogP contribution in [0.15, 0.2) is 36.4 Å². The van der Waals surface area contributed by atoms with E-state index in [1.807, 2.05) is 19.9 Å². The van der Waals surface area contributed by atoms with Crippen molar-refractivity contribution in [3.8, 4) is 0 Å². The van der Waals surface area contributed by atoms with Crippen LogP contribution in [0.3, 0.4) is 0 Å². The van der Waals surface area contributed by atoms with Gasteiger partial charge in [-0.15, -0.1) is 0 Å². The van der Waals surface area contributed by atoms with Crippen LogP contribution in [0.2, 0.25) is 0 Å². The van der Waals surface area contributed by atoms with Gasteiger partial charge in [0.2, 0.25) is 0 Å². The fraction of sp³-hybridized carbons (Fsp3) is 0.294. The summed E-state index contributed by atoms with van der Waals surface area (Å²) >= 11 is 0. The number of rotatable bonds is 5. The summed E-state index contributed by atoms with van der Waals surface area (Å²) in [5.74, 6) is -1.49. The molecular weight excluding hydrogens is 275 g/mol. The summed E-state index contributed by atoms with van der Waals surface area (Å²) in [6.45, 7) is 4.41. The summed E-state index contributed by atoms with van der Waals surface area (Å²) in [7, 11) is 0. The van der Waals surface area contributed by atoms with Crippen LogP contribution in [0.5, 0.6) is 0 Å². The number of aryl methyl sites for hydroxylation is 1. The Morgan fingerprint density at radius 1 is 1.00 bits per heavy atom. The third kappa shape index (κ3) is 4.08. The van der Waals surface area contributed by atoms with Gasteiger partial charge in [-0.2, -0.15) is 0 Å². The summed E-state index contributed by atoms with van der Waals surface area (Å²) in [6, 6.07) is 8.09. The van der Waals surface area contributed by atoms with Gasteiger partial charge in [-0.25, -0.2) is 13.2 Å².